The van der Waals surface area contributed by atoms with E-state index in [0.717, 1.165) is 44.7 Å². The van der Waals surface area contributed by atoms with E-state index in [1.165, 1.54) is 6.42 Å². The van der Waals surface area contributed by atoms with Gasteiger partial charge in [0.25, 0.3) is 0 Å². The summed E-state index contributed by atoms with van der Waals surface area (Å²) in [6.45, 7) is 8.65. The van der Waals surface area contributed by atoms with Crippen molar-refractivity contribution in [3.63, 3.8) is 0 Å². The lowest BCUT2D eigenvalue weighted by molar-refractivity contribution is 0.00859. The fraction of sp³-hybridized carbons (Fsp3) is 0.933. The predicted octanol–water partition coefficient (Wildman–Crippen LogP) is 2.38. The first kappa shape index (κ1) is 17.6. The van der Waals surface area contributed by atoms with Crippen LogP contribution in [0.4, 0.5) is 0 Å². The van der Waals surface area contributed by atoms with Gasteiger partial charge >= 0.3 is 0 Å². The second-order valence-corrected chi connectivity index (χ2v) is 7.81. The summed E-state index contributed by atoms with van der Waals surface area (Å²) in [6, 6.07) is 0. The van der Waals surface area contributed by atoms with E-state index in [-0.39, 0.29) is 4.75 Å². The summed E-state index contributed by atoms with van der Waals surface area (Å²) in [4.78, 5) is 4.63. The lowest BCUT2D eigenvalue weighted by Crippen LogP contribution is -2.48. The molecule has 4 nitrogen and oxygen atoms in total. The summed E-state index contributed by atoms with van der Waals surface area (Å²) < 4.78 is 0.143. The molecule has 0 saturated heterocycles. The summed E-state index contributed by atoms with van der Waals surface area (Å²) in [5.74, 6) is 0.814. The molecule has 118 valence electrons. The monoisotopic (exact) mass is 301 g/mol. The number of nitrogens with zero attached hydrogens (tertiary/aromatic N) is 1. The zero-order valence-corrected chi connectivity index (χ0v) is 14.3. The van der Waals surface area contributed by atoms with Gasteiger partial charge in [0.2, 0.25) is 0 Å². The average Bonchev–Trinajstić information content (AvgIpc) is 2.43. The van der Waals surface area contributed by atoms with Gasteiger partial charge in [0.05, 0.1) is 12.1 Å². The van der Waals surface area contributed by atoms with Gasteiger partial charge < -0.3 is 15.7 Å². The van der Waals surface area contributed by atoms with Crippen LogP contribution in [-0.4, -0.2) is 47.3 Å². The highest BCUT2D eigenvalue weighted by Gasteiger charge is 2.29. The van der Waals surface area contributed by atoms with Crippen LogP contribution in [0.5, 0.6) is 0 Å². The van der Waals surface area contributed by atoms with Crippen molar-refractivity contribution >= 4 is 17.7 Å². The third-order valence-corrected chi connectivity index (χ3v) is 5.12. The molecule has 1 fully saturated rings. The molecule has 1 aliphatic carbocycles. The van der Waals surface area contributed by atoms with Crippen molar-refractivity contribution in [2.45, 2.75) is 63.2 Å². The van der Waals surface area contributed by atoms with Gasteiger partial charge in [-0.15, -0.1) is 0 Å². The van der Waals surface area contributed by atoms with Crippen molar-refractivity contribution in [2.75, 3.05) is 25.9 Å². The molecule has 1 saturated carbocycles. The fourth-order valence-corrected chi connectivity index (χ4v) is 2.50. The smallest absolute Gasteiger partial charge is 0.191 e. The van der Waals surface area contributed by atoms with E-state index < -0.39 is 5.60 Å². The second-order valence-electron chi connectivity index (χ2n) is 6.30. The van der Waals surface area contributed by atoms with E-state index in [2.05, 4.69) is 42.7 Å². The molecular weight excluding hydrogens is 270 g/mol. The minimum Gasteiger partial charge on any atom is -0.388 e. The van der Waals surface area contributed by atoms with Crippen molar-refractivity contribution < 1.29 is 5.11 Å². The standard InChI is InChI=1S/C15H31N3OS/c1-5-16-13(17-11-14(2,3)20-4)18-12-15(19)9-7-6-8-10-15/h19H,5-12H2,1-4H3,(H2,16,17,18). The van der Waals surface area contributed by atoms with Gasteiger partial charge in [-0.05, 0) is 39.9 Å². The Morgan fingerprint density at radius 1 is 1.25 bits per heavy atom. The van der Waals surface area contributed by atoms with Crippen LogP contribution in [0.25, 0.3) is 0 Å². The van der Waals surface area contributed by atoms with E-state index in [4.69, 9.17) is 0 Å². The van der Waals surface area contributed by atoms with Crippen LogP contribution < -0.4 is 10.6 Å². The van der Waals surface area contributed by atoms with Crippen LogP contribution in [0.15, 0.2) is 4.99 Å². The zero-order chi connectivity index (χ0) is 15.1. The number of thioether (sulfide) groups is 1. The van der Waals surface area contributed by atoms with Crippen LogP contribution in [0, 0.1) is 0 Å². The molecule has 0 aromatic heterocycles. The second kappa shape index (κ2) is 8.13. The minimum absolute atomic E-state index is 0.143. The Kier molecular flexibility index (Phi) is 7.17. The van der Waals surface area contributed by atoms with Crippen LogP contribution in [0.2, 0.25) is 0 Å². The highest BCUT2D eigenvalue weighted by atomic mass is 32.2. The molecule has 0 atom stereocenters. The number of guanidine groups is 1. The molecule has 0 heterocycles. The summed E-state index contributed by atoms with van der Waals surface area (Å²) in [5.41, 5.74) is -0.552. The maximum Gasteiger partial charge on any atom is 0.191 e. The summed E-state index contributed by atoms with van der Waals surface area (Å²) >= 11 is 1.82. The average molecular weight is 302 g/mol. The Labute approximate surface area is 128 Å². The largest absolute Gasteiger partial charge is 0.388 e. The van der Waals surface area contributed by atoms with E-state index in [1.807, 2.05) is 11.8 Å². The molecule has 1 rings (SSSR count). The van der Waals surface area contributed by atoms with Crippen molar-refractivity contribution in [1.82, 2.24) is 10.6 Å². The normalized spacial score (nSPS) is 19.8. The number of nitrogens with one attached hydrogen (secondary N) is 2. The van der Waals surface area contributed by atoms with E-state index >= 15 is 0 Å². The van der Waals surface area contributed by atoms with Crippen LogP contribution in [-0.2, 0) is 0 Å². The number of aliphatic hydroxyl groups is 1. The Morgan fingerprint density at radius 3 is 2.45 bits per heavy atom. The molecule has 0 aromatic carbocycles. The Hall–Kier alpha value is -0.420. The van der Waals surface area contributed by atoms with E-state index in [0.29, 0.717) is 6.54 Å². The Bertz CT molecular complexity index is 312. The quantitative estimate of drug-likeness (QED) is 0.521. The van der Waals surface area contributed by atoms with Gasteiger partial charge in [-0.3, -0.25) is 4.99 Å². The molecule has 0 amide bonds. The van der Waals surface area contributed by atoms with Gasteiger partial charge in [-0.2, -0.15) is 11.8 Å². The van der Waals surface area contributed by atoms with E-state index in [1.54, 1.807) is 0 Å². The molecule has 0 aliphatic heterocycles. The topological polar surface area (TPSA) is 56.7 Å². The maximum atomic E-state index is 10.5. The number of hydrogen-bond donors (Lipinski definition) is 3. The van der Waals surface area contributed by atoms with E-state index in [9.17, 15) is 5.11 Å². The first-order valence-electron chi connectivity index (χ1n) is 7.70. The summed E-state index contributed by atoms with van der Waals surface area (Å²) in [7, 11) is 0. The first-order chi connectivity index (χ1) is 9.41. The molecule has 0 aromatic rings. The third kappa shape index (κ3) is 6.35. The summed E-state index contributed by atoms with van der Waals surface area (Å²) in [6.07, 6.45) is 7.42. The highest BCUT2D eigenvalue weighted by molar-refractivity contribution is 7.99. The molecule has 0 spiro atoms. The fourth-order valence-electron chi connectivity index (χ4n) is 2.31. The van der Waals surface area contributed by atoms with Gasteiger partial charge in [0.15, 0.2) is 5.96 Å². The zero-order valence-electron chi connectivity index (χ0n) is 13.5. The summed E-state index contributed by atoms with van der Waals surface area (Å²) in [5, 5.41) is 17.1. The van der Waals surface area contributed by atoms with Crippen molar-refractivity contribution in [1.29, 1.82) is 0 Å². The molecule has 1 aliphatic rings. The lowest BCUT2D eigenvalue weighted by atomic mass is 9.85. The van der Waals surface area contributed by atoms with Gasteiger partial charge in [0.1, 0.15) is 0 Å². The molecular formula is C15H31N3OS. The van der Waals surface area contributed by atoms with Crippen molar-refractivity contribution in [2.24, 2.45) is 4.99 Å². The van der Waals surface area contributed by atoms with Crippen molar-refractivity contribution in [3.8, 4) is 0 Å². The third-order valence-electron chi connectivity index (χ3n) is 3.88. The SMILES string of the molecule is CCNC(=NCC(C)(C)SC)NCC1(O)CCCCC1. The van der Waals surface area contributed by atoms with Crippen LogP contribution >= 0.6 is 11.8 Å². The molecule has 0 bridgehead atoms. The van der Waals surface area contributed by atoms with Gasteiger partial charge in [0, 0.05) is 17.8 Å². The molecule has 5 heteroatoms. The van der Waals surface area contributed by atoms with Crippen molar-refractivity contribution in [3.05, 3.63) is 0 Å². The first-order valence-corrected chi connectivity index (χ1v) is 8.93. The van der Waals surface area contributed by atoms with Gasteiger partial charge in [-0.1, -0.05) is 19.3 Å². The maximum absolute atomic E-state index is 10.5. The minimum atomic E-state index is -0.552. The number of rotatable bonds is 6. The van der Waals surface area contributed by atoms with Crippen LogP contribution in [0.1, 0.15) is 52.9 Å². The highest BCUT2D eigenvalue weighted by Crippen LogP contribution is 2.27. The Balaban J connectivity index is 2.51. The Morgan fingerprint density at radius 2 is 1.90 bits per heavy atom. The van der Waals surface area contributed by atoms with Gasteiger partial charge in [-0.25, -0.2) is 0 Å². The molecule has 0 radical (unpaired) electrons. The lowest BCUT2D eigenvalue weighted by Gasteiger charge is -2.32. The molecule has 0 unspecified atom stereocenters. The number of aliphatic imine (C=N–C) groups is 1. The molecule has 20 heavy (non-hydrogen) atoms. The van der Waals surface area contributed by atoms with Crippen LogP contribution in [0.3, 0.4) is 0 Å². The molecule has 3 N–H and O–H groups in total. The predicted molar refractivity (Wildman–Crippen MR) is 89.6 cm³/mol. The number of hydrogen-bond acceptors (Lipinski definition) is 3.